The van der Waals surface area contributed by atoms with Crippen LogP contribution in [0, 0.1) is 0 Å². The molecule has 1 unspecified atom stereocenters. The van der Waals surface area contributed by atoms with Crippen molar-refractivity contribution in [1.29, 1.82) is 0 Å². The Balaban J connectivity index is 2.02. The number of hydrogen-bond donors (Lipinski definition) is 2. The van der Waals surface area contributed by atoms with Gasteiger partial charge in [0.25, 0.3) is 10.0 Å². The largest absolute Gasteiger partial charge is 0.335 e. The number of halogens is 1. The van der Waals surface area contributed by atoms with Crippen LogP contribution in [0.4, 0.5) is 0 Å². The molecular weight excluding hydrogens is 330 g/mol. The van der Waals surface area contributed by atoms with Crippen molar-refractivity contribution in [3.63, 3.8) is 0 Å². The molecule has 2 aromatic rings. The third kappa shape index (κ3) is 3.89. The van der Waals surface area contributed by atoms with Crippen LogP contribution in [0.5, 0.6) is 0 Å². The van der Waals surface area contributed by atoms with Gasteiger partial charge in [0.05, 0.1) is 12.5 Å². The minimum Gasteiger partial charge on any atom is -0.335 e. The molecule has 0 aliphatic heterocycles. The van der Waals surface area contributed by atoms with Crippen LogP contribution in [0.3, 0.4) is 0 Å². The fourth-order valence-corrected chi connectivity index (χ4v) is 3.15. The van der Waals surface area contributed by atoms with E-state index in [1.807, 2.05) is 31.2 Å². The van der Waals surface area contributed by atoms with Gasteiger partial charge in [0.15, 0.2) is 5.03 Å². The number of sulfonamides is 1. The molecule has 0 bridgehead atoms. The highest BCUT2D eigenvalue weighted by Gasteiger charge is 2.18. The molecule has 0 aliphatic carbocycles. The number of imidazole rings is 1. The highest BCUT2D eigenvalue weighted by molar-refractivity contribution is 9.10. The Hall–Kier alpha value is -1.18. The van der Waals surface area contributed by atoms with Gasteiger partial charge in [-0.1, -0.05) is 28.1 Å². The Morgan fingerprint density at radius 3 is 2.63 bits per heavy atom. The fraction of sp³-hybridized carbons (Fsp3) is 0.250. The van der Waals surface area contributed by atoms with E-state index in [-0.39, 0.29) is 11.1 Å². The standard InChI is InChI=1S/C12H14BrN3O2S/c1-9(6-10-2-4-11(13)5-3-10)16-19(17,18)12-7-14-8-15-12/h2-5,7-9,16H,6H2,1H3,(H,14,15). The smallest absolute Gasteiger partial charge is 0.257 e. The topological polar surface area (TPSA) is 74.8 Å². The van der Waals surface area contributed by atoms with E-state index in [4.69, 9.17) is 0 Å². The van der Waals surface area contributed by atoms with Gasteiger partial charge in [-0.05, 0) is 31.0 Å². The number of hydrogen-bond acceptors (Lipinski definition) is 3. The van der Waals surface area contributed by atoms with E-state index >= 15 is 0 Å². The molecule has 2 rings (SSSR count). The number of nitrogens with one attached hydrogen (secondary N) is 2. The first-order valence-corrected chi connectivity index (χ1v) is 8.00. The molecule has 19 heavy (non-hydrogen) atoms. The lowest BCUT2D eigenvalue weighted by Crippen LogP contribution is -2.34. The fourth-order valence-electron chi connectivity index (χ4n) is 1.73. The predicted molar refractivity (Wildman–Crippen MR) is 76.2 cm³/mol. The number of benzene rings is 1. The predicted octanol–water partition coefficient (Wildman–Crippen LogP) is 2.08. The van der Waals surface area contributed by atoms with Crippen molar-refractivity contribution >= 4 is 26.0 Å². The number of rotatable bonds is 5. The van der Waals surface area contributed by atoms with Crippen LogP contribution in [0.1, 0.15) is 12.5 Å². The number of nitrogens with zero attached hydrogens (tertiary/aromatic N) is 1. The Labute approximate surface area is 120 Å². The van der Waals surface area contributed by atoms with Gasteiger partial charge < -0.3 is 4.98 Å². The van der Waals surface area contributed by atoms with Crippen LogP contribution in [0.15, 0.2) is 46.3 Å². The Bertz CT molecular complexity index is 624. The van der Waals surface area contributed by atoms with Crippen molar-refractivity contribution in [2.45, 2.75) is 24.4 Å². The van der Waals surface area contributed by atoms with Gasteiger partial charge in [-0.3, -0.25) is 0 Å². The molecule has 0 saturated heterocycles. The van der Waals surface area contributed by atoms with Crippen molar-refractivity contribution < 1.29 is 8.42 Å². The summed E-state index contributed by atoms with van der Waals surface area (Å²) in [7, 11) is -3.52. The summed E-state index contributed by atoms with van der Waals surface area (Å²) in [4.78, 5) is 6.30. The molecule has 0 saturated carbocycles. The third-order valence-corrected chi connectivity index (χ3v) is 4.62. The van der Waals surface area contributed by atoms with E-state index in [0.717, 1.165) is 10.0 Å². The van der Waals surface area contributed by atoms with Crippen LogP contribution < -0.4 is 4.72 Å². The maximum Gasteiger partial charge on any atom is 0.257 e. The average molecular weight is 344 g/mol. The molecule has 7 heteroatoms. The third-order valence-electron chi connectivity index (χ3n) is 2.57. The summed E-state index contributed by atoms with van der Waals surface area (Å²) in [5.41, 5.74) is 1.07. The van der Waals surface area contributed by atoms with Gasteiger partial charge in [0.1, 0.15) is 0 Å². The quantitative estimate of drug-likeness (QED) is 0.872. The minimum absolute atomic E-state index is 0.0788. The molecule has 1 atom stereocenters. The van der Waals surface area contributed by atoms with E-state index in [1.54, 1.807) is 0 Å². The molecular formula is C12H14BrN3O2S. The molecule has 0 aliphatic rings. The SMILES string of the molecule is CC(Cc1ccc(Br)cc1)NS(=O)(=O)c1cnc[nH]1. The number of aromatic nitrogens is 2. The molecule has 0 fully saturated rings. The van der Waals surface area contributed by atoms with E-state index in [2.05, 4.69) is 30.6 Å². The van der Waals surface area contributed by atoms with Crippen molar-refractivity contribution in [2.75, 3.05) is 0 Å². The van der Waals surface area contributed by atoms with Gasteiger partial charge in [0.2, 0.25) is 0 Å². The molecule has 0 spiro atoms. The zero-order chi connectivity index (χ0) is 13.9. The first kappa shape index (κ1) is 14.2. The summed E-state index contributed by atoms with van der Waals surface area (Å²) >= 11 is 3.36. The summed E-state index contributed by atoms with van der Waals surface area (Å²) < 4.78 is 27.5. The zero-order valence-electron chi connectivity index (χ0n) is 10.3. The molecule has 2 N–H and O–H groups in total. The van der Waals surface area contributed by atoms with Crippen molar-refractivity contribution in [3.05, 3.63) is 46.8 Å². The molecule has 1 heterocycles. The first-order chi connectivity index (χ1) is 8.97. The maximum absolute atomic E-state index is 12.0. The van der Waals surface area contributed by atoms with Crippen LogP contribution in [0.2, 0.25) is 0 Å². The molecule has 0 amide bonds. The van der Waals surface area contributed by atoms with Crippen LogP contribution in [0.25, 0.3) is 0 Å². The van der Waals surface area contributed by atoms with E-state index < -0.39 is 10.0 Å². The Morgan fingerprint density at radius 2 is 2.05 bits per heavy atom. The zero-order valence-corrected chi connectivity index (χ0v) is 12.7. The molecule has 102 valence electrons. The lowest BCUT2D eigenvalue weighted by atomic mass is 10.1. The highest BCUT2D eigenvalue weighted by Crippen LogP contribution is 2.12. The molecule has 1 aromatic heterocycles. The summed E-state index contributed by atoms with van der Waals surface area (Å²) in [6.07, 6.45) is 3.25. The number of H-pyrrole nitrogens is 1. The molecule has 5 nitrogen and oxygen atoms in total. The maximum atomic E-state index is 12.0. The first-order valence-electron chi connectivity index (χ1n) is 5.72. The average Bonchev–Trinajstić information content (AvgIpc) is 2.85. The summed E-state index contributed by atoms with van der Waals surface area (Å²) in [5.74, 6) is 0. The molecule has 0 radical (unpaired) electrons. The molecule has 1 aromatic carbocycles. The second kappa shape index (κ2) is 5.85. The second-order valence-electron chi connectivity index (χ2n) is 4.27. The highest BCUT2D eigenvalue weighted by atomic mass is 79.9. The number of aromatic amines is 1. The lowest BCUT2D eigenvalue weighted by molar-refractivity contribution is 0.557. The van der Waals surface area contributed by atoms with E-state index in [0.29, 0.717) is 6.42 Å². The monoisotopic (exact) mass is 343 g/mol. The van der Waals surface area contributed by atoms with E-state index in [1.165, 1.54) is 12.5 Å². The van der Waals surface area contributed by atoms with Crippen molar-refractivity contribution in [1.82, 2.24) is 14.7 Å². The van der Waals surface area contributed by atoms with Gasteiger partial charge in [-0.25, -0.2) is 18.1 Å². The van der Waals surface area contributed by atoms with Crippen LogP contribution in [-0.4, -0.2) is 24.4 Å². The van der Waals surface area contributed by atoms with Gasteiger partial charge in [-0.2, -0.15) is 0 Å². The lowest BCUT2D eigenvalue weighted by Gasteiger charge is -2.13. The van der Waals surface area contributed by atoms with Gasteiger partial charge >= 0.3 is 0 Å². The second-order valence-corrected chi connectivity index (χ2v) is 6.87. The summed E-state index contributed by atoms with van der Waals surface area (Å²) in [5, 5.41) is 0.0788. The minimum atomic E-state index is -3.52. The Morgan fingerprint density at radius 1 is 1.37 bits per heavy atom. The normalized spacial score (nSPS) is 13.4. The van der Waals surface area contributed by atoms with Gasteiger partial charge in [0, 0.05) is 10.5 Å². The Kier molecular flexibility index (Phi) is 4.38. The summed E-state index contributed by atoms with van der Waals surface area (Å²) in [6, 6.07) is 7.60. The van der Waals surface area contributed by atoms with Crippen molar-refractivity contribution in [3.8, 4) is 0 Å². The van der Waals surface area contributed by atoms with Gasteiger partial charge in [-0.15, -0.1) is 0 Å². The van der Waals surface area contributed by atoms with Crippen molar-refractivity contribution in [2.24, 2.45) is 0 Å². The summed E-state index contributed by atoms with van der Waals surface area (Å²) in [6.45, 7) is 1.83. The van der Waals surface area contributed by atoms with Crippen LogP contribution in [-0.2, 0) is 16.4 Å². The van der Waals surface area contributed by atoms with Crippen LogP contribution >= 0.6 is 15.9 Å². The van der Waals surface area contributed by atoms with E-state index in [9.17, 15) is 8.42 Å².